The molecule has 0 N–H and O–H groups in total. The van der Waals surface area contributed by atoms with Crippen LogP contribution >= 0.6 is 0 Å². The molecule has 45 heavy (non-hydrogen) atoms. The first kappa shape index (κ1) is 25.3. The fraction of sp³-hybridized carbons (Fsp3) is 0. The van der Waals surface area contributed by atoms with Gasteiger partial charge in [0.05, 0.1) is 33.6 Å². The Morgan fingerprint density at radius 1 is 0.422 bits per heavy atom. The largest absolute Gasteiger partial charge is 0.292 e. The molecule has 0 bridgehead atoms. The minimum absolute atomic E-state index is 0.819. The predicted molar refractivity (Wildman–Crippen MR) is 183 cm³/mol. The Labute approximate surface area is 259 Å². The molecule has 0 saturated heterocycles. The first-order valence-corrected chi connectivity index (χ1v) is 15.0. The average Bonchev–Trinajstić information content (AvgIpc) is 3.46. The summed E-state index contributed by atoms with van der Waals surface area (Å²) >= 11 is 0. The van der Waals surface area contributed by atoms with E-state index in [2.05, 4.69) is 118 Å². The lowest BCUT2D eigenvalue weighted by atomic mass is 9.96. The standard InChI is InChI=1S/C40H25N5/c1-2-9-31-26(8-1)14-15-28-22-27(16-18-32(28)31)30-23-35(44-36(24-30)34-11-5-6-20-41-34)29-17-19-39(43-25-29)45-37-12-4-3-10-33(37)40-38(45)13-7-21-42-40/h1-25H. The first-order valence-electron chi connectivity index (χ1n) is 15.0. The van der Waals surface area contributed by atoms with Crippen LogP contribution in [0.5, 0.6) is 0 Å². The number of hydrogen-bond acceptors (Lipinski definition) is 4. The van der Waals surface area contributed by atoms with E-state index in [1.54, 1.807) is 6.20 Å². The number of nitrogens with zero attached hydrogens (tertiary/aromatic N) is 5. The monoisotopic (exact) mass is 575 g/mol. The van der Waals surface area contributed by atoms with Gasteiger partial charge in [0.15, 0.2) is 0 Å². The molecule has 0 fully saturated rings. The number of aromatic nitrogens is 5. The third kappa shape index (κ3) is 4.25. The van der Waals surface area contributed by atoms with E-state index in [4.69, 9.17) is 9.97 Å². The van der Waals surface area contributed by atoms with Crippen molar-refractivity contribution in [3.05, 3.63) is 152 Å². The zero-order valence-electron chi connectivity index (χ0n) is 24.2. The van der Waals surface area contributed by atoms with E-state index in [1.807, 2.05) is 42.7 Å². The summed E-state index contributed by atoms with van der Waals surface area (Å²) in [6.45, 7) is 0. The molecule has 5 heteroatoms. The lowest BCUT2D eigenvalue weighted by Gasteiger charge is -2.12. The molecule has 0 spiro atoms. The van der Waals surface area contributed by atoms with Crippen LogP contribution in [0, 0.1) is 0 Å². The highest BCUT2D eigenvalue weighted by molar-refractivity contribution is 6.09. The molecule has 5 heterocycles. The molecule has 210 valence electrons. The summed E-state index contributed by atoms with van der Waals surface area (Å²) in [5, 5.41) is 6.06. The van der Waals surface area contributed by atoms with Crippen molar-refractivity contribution in [1.82, 2.24) is 24.5 Å². The van der Waals surface area contributed by atoms with E-state index in [1.165, 1.54) is 21.5 Å². The molecule has 0 aliphatic carbocycles. The lowest BCUT2D eigenvalue weighted by molar-refractivity contribution is 1.08. The van der Waals surface area contributed by atoms with Crippen molar-refractivity contribution in [3.8, 4) is 39.6 Å². The van der Waals surface area contributed by atoms with Crippen molar-refractivity contribution >= 4 is 43.5 Å². The van der Waals surface area contributed by atoms with Gasteiger partial charge in [-0.1, -0.05) is 72.8 Å². The number of para-hydroxylation sites is 1. The number of benzene rings is 4. The summed E-state index contributed by atoms with van der Waals surface area (Å²) in [6.07, 6.45) is 5.56. The van der Waals surface area contributed by atoms with Crippen molar-refractivity contribution in [3.63, 3.8) is 0 Å². The predicted octanol–water partition coefficient (Wildman–Crippen LogP) is 9.67. The molecule has 5 nitrogen and oxygen atoms in total. The molecule has 0 radical (unpaired) electrons. The number of rotatable bonds is 4. The molecule has 0 aliphatic rings. The Morgan fingerprint density at radius 2 is 1.18 bits per heavy atom. The van der Waals surface area contributed by atoms with Crippen LogP contribution in [0.2, 0.25) is 0 Å². The highest BCUT2D eigenvalue weighted by atomic mass is 15.1. The Morgan fingerprint density at radius 3 is 2.07 bits per heavy atom. The summed E-state index contributed by atoms with van der Waals surface area (Å²) in [5.74, 6) is 0.834. The van der Waals surface area contributed by atoms with Gasteiger partial charge >= 0.3 is 0 Å². The zero-order chi connectivity index (χ0) is 29.7. The fourth-order valence-electron chi connectivity index (χ4n) is 6.38. The van der Waals surface area contributed by atoms with Crippen LogP contribution in [0.4, 0.5) is 0 Å². The normalized spacial score (nSPS) is 11.6. The SMILES string of the molecule is c1ccc(-c2cc(-c3ccc4c(ccc5ccccc54)c3)cc(-c3ccc(-n4c5ccccc5c5ncccc54)nc3)n2)nc1. The van der Waals surface area contributed by atoms with E-state index in [0.29, 0.717) is 0 Å². The molecule has 0 amide bonds. The smallest absolute Gasteiger partial charge is 0.137 e. The Balaban J connectivity index is 1.18. The van der Waals surface area contributed by atoms with Crippen molar-refractivity contribution in [1.29, 1.82) is 0 Å². The third-order valence-corrected chi connectivity index (χ3v) is 8.53. The van der Waals surface area contributed by atoms with E-state index < -0.39 is 0 Å². The van der Waals surface area contributed by atoms with Crippen LogP contribution < -0.4 is 0 Å². The van der Waals surface area contributed by atoms with Crippen LogP contribution in [0.3, 0.4) is 0 Å². The number of pyridine rings is 4. The van der Waals surface area contributed by atoms with Crippen molar-refractivity contribution < 1.29 is 0 Å². The summed E-state index contributed by atoms with van der Waals surface area (Å²) in [4.78, 5) is 19.3. The second-order valence-corrected chi connectivity index (χ2v) is 11.2. The molecule has 9 aromatic rings. The highest BCUT2D eigenvalue weighted by Crippen LogP contribution is 2.34. The highest BCUT2D eigenvalue weighted by Gasteiger charge is 2.15. The summed E-state index contributed by atoms with van der Waals surface area (Å²) < 4.78 is 2.17. The van der Waals surface area contributed by atoms with Gasteiger partial charge in [0, 0.05) is 29.5 Å². The zero-order valence-corrected chi connectivity index (χ0v) is 24.2. The molecule has 0 unspecified atom stereocenters. The van der Waals surface area contributed by atoms with E-state index in [0.717, 1.165) is 61.5 Å². The van der Waals surface area contributed by atoms with Crippen molar-refractivity contribution in [2.45, 2.75) is 0 Å². The quantitative estimate of drug-likeness (QED) is 0.196. The molecule has 4 aromatic carbocycles. The Kier molecular flexibility index (Phi) is 5.74. The Hall–Kier alpha value is -6.20. The maximum atomic E-state index is 5.08. The topological polar surface area (TPSA) is 56.5 Å². The van der Waals surface area contributed by atoms with Crippen LogP contribution in [-0.4, -0.2) is 24.5 Å². The summed E-state index contributed by atoms with van der Waals surface area (Å²) in [7, 11) is 0. The van der Waals surface area contributed by atoms with Gasteiger partial charge in [-0.15, -0.1) is 0 Å². The minimum atomic E-state index is 0.819. The van der Waals surface area contributed by atoms with Crippen molar-refractivity contribution in [2.75, 3.05) is 0 Å². The van der Waals surface area contributed by atoms with Gasteiger partial charge < -0.3 is 0 Å². The molecular weight excluding hydrogens is 550 g/mol. The third-order valence-electron chi connectivity index (χ3n) is 8.53. The van der Waals surface area contributed by atoms with Crippen LogP contribution in [-0.2, 0) is 0 Å². The second-order valence-electron chi connectivity index (χ2n) is 11.2. The Bertz CT molecular complexity index is 2480. The molecule has 0 atom stereocenters. The molecular formula is C40H25N5. The average molecular weight is 576 g/mol. The number of hydrogen-bond donors (Lipinski definition) is 0. The maximum Gasteiger partial charge on any atom is 0.137 e. The van der Waals surface area contributed by atoms with Crippen LogP contribution in [0.1, 0.15) is 0 Å². The van der Waals surface area contributed by atoms with E-state index >= 15 is 0 Å². The summed E-state index contributed by atoms with van der Waals surface area (Å²) in [6, 6.07) is 46.4. The van der Waals surface area contributed by atoms with Gasteiger partial charge in [0.25, 0.3) is 0 Å². The van der Waals surface area contributed by atoms with Gasteiger partial charge in [0.1, 0.15) is 5.82 Å². The van der Waals surface area contributed by atoms with Crippen LogP contribution in [0.15, 0.2) is 152 Å². The van der Waals surface area contributed by atoms with Gasteiger partial charge in [0.2, 0.25) is 0 Å². The van der Waals surface area contributed by atoms with Crippen molar-refractivity contribution in [2.24, 2.45) is 0 Å². The fourth-order valence-corrected chi connectivity index (χ4v) is 6.38. The second kappa shape index (κ2) is 10.2. The molecule has 5 aromatic heterocycles. The minimum Gasteiger partial charge on any atom is -0.292 e. The molecule has 0 aliphatic heterocycles. The van der Waals surface area contributed by atoms with Gasteiger partial charge in [-0.2, -0.15) is 0 Å². The molecule has 9 rings (SSSR count). The maximum absolute atomic E-state index is 5.08. The van der Waals surface area contributed by atoms with Gasteiger partial charge in [-0.25, -0.2) is 9.97 Å². The first-order chi connectivity index (χ1) is 22.3. The molecule has 0 saturated carbocycles. The van der Waals surface area contributed by atoms with Gasteiger partial charge in [-0.05, 0) is 93.3 Å². The number of fused-ring (bicyclic) bond motifs is 6. The summed E-state index contributed by atoms with van der Waals surface area (Å²) in [5.41, 5.74) is 8.70. The van der Waals surface area contributed by atoms with Gasteiger partial charge in [-0.3, -0.25) is 14.5 Å². The van der Waals surface area contributed by atoms with Crippen LogP contribution in [0.25, 0.3) is 83.1 Å². The van der Waals surface area contributed by atoms with E-state index in [-0.39, 0.29) is 0 Å². The van der Waals surface area contributed by atoms with E-state index in [9.17, 15) is 0 Å². The lowest BCUT2D eigenvalue weighted by Crippen LogP contribution is -1.98.